The Balaban J connectivity index is 2.21. The van der Waals surface area contributed by atoms with Gasteiger partial charge in [-0.3, -0.25) is 9.10 Å². The molecule has 0 unspecified atom stereocenters. The van der Waals surface area contributed by atoms with Crippen LogP contribution in [-0.2, 0) is 14.8 Å². The van der Waals surface area contributed by atoms with Crippen LogP contribution < -0.4 is 14.4 Å². The van der Waals surface area contributed by atoms with Crippen LogP contribution in [0.25, 0.3) is 0 Å². The molecule has 2 aromatic carbocycles. The minimum Gasteiger partial charge on any atom is -0.491 e. The van der Waals surface area contributed by atoms with Crippen molar-refractivity contribution >= 4 is 27.3 Å². The molecule has 0 heterocycles. The Kier molecular flexibility index (Phi) is 5.69. The second-order valence-corrected chi connectivity index (χ2v) is 7.81. The summed E-state index contributed by atoms with van der Waals surface area (Å²) in [5.41, 5.74) is 1.08. The van der Waals surface area contributed by atoms with Gasteiger partial charge in [0.25, 0.3) is 10.0 Å². The van der Waals surface area contributed by atoms with Crippen LogP contribution in [0, 0.1) is 0 Å². The van der Waals surface area contributed by atoms with Crippen molar-refractivity contribution in [2.75, 3.05) is 16.7 Å². The zero-order valence-electron chi connectivity index (χ0n) is 14.7. The van der Waals surface area contributed by atoms with Gasteiger partial charge in [-0.1, -0.05) is 0 Å². The van der Waals surface area contributed by atoms with E-state index in [1.54, 1.807) is 36.4 Å². The minimum absolute atomic E-state index is 0.0504. The zero-order valence-corrected chi connectivity index (χ0v) is 15.5. The Hall–Kier alpha value is -2.54. The Morgan fingerprint density at radius 3 is 2.08 bits per heavy atom. The molecule has 25 heavy (non-hydrogen) atoms. The molecule has 1 amide bonds. The van der Waals surface area contributed by atoms with Crippen molar-refractivity contribution in [1.82, 2.24) is 0 Å². The Labute approximate surface area is 148 Å². The molecule has 0 radical (unpaired) electrons. The molecule has 0 fully saturated rings. The Morgan fingerprint density at radius 1 is 1.04 bits per heavy atom. The van der Waals surface area contributed by atoms with E-state index in [9.17, 15) is 13.2 Å². The van der Waals surface area contributed by atoms with Crippen LogP contribution >= 0.6 is 0 Å². The molecule has 134 valence electrons. The molecule has 0 atom stereocenters. The van der Waals surface area contributed by atoms with Crippen molar-refractivity contribution in [3.63, 3.8) is 0 Å². The molecule has 0 saturated heterocycles. The van der Waals surface area contributed by atoms with Crippen molar-refractivity contribution in [3.05, 3.63) is 48.5 Å². The molecule has 7 heteroatoms. The fourth-order valence-electron chi connectivity index (χ4n) is 2.22. The van der Waals surface area contributed by atoms with Gasteiger partial charge in [0.05, 0.1) is 16.7 Å². The van der Waals surface area contributed by atoms with E-state index in [1.165, 1.54) is 30.4 Å². The molecular formula is C18H22N2O4S. The number of sulfonamides is 1. The zero-order chi connectivity index (χ0) is 18.6. The second kappa shape index (κ2) is 7.57. The van der Waals surface area contributed by atoms with Gasteiger partial charge in [0, 0.05) is 19.7 Å². The SMILES string of the molecule is CC(=O)Nc1ccc(S(=O)(=O)N(C)c2ccc(OC(C)C)cc2)cc1. The maximum absolute atomic E-state index is 12.7. The highest BCUT2D eigenvalue weighted by atomic mass is 32.2. The average Bonchev–Trinajstić information content (AvgIpc) is 2.54. The first kappa shape index (κ1) is 18.8. The van der Waals surface area contributed by atoms with Gasteiger partial charge in [-0.05, 0) is 62.4 Å². The summed E-state index contributed by atoms with van der Waals surface area (Å²) in [4.78, 5) is 11.2. The largest absolute Gasteiger partial charge is 0.491 e. The summed E-state index contributed by atoms with van der Waals surface area (Å²) in [5.74, 6) is 0.473. The number of hydrogen-bond acceptors (Lipinski definition) is 4. The number of carbonyl (C=O) groups excluding carboxylic acids is 1. The third kappa shape index (κ3) is 4.73. The highest BCUT2D eigenvalue weighted by molar-refractivity contribution is 7.92. The lowest BCUT2D eigenvalue weighted by molar-refractivity contribution is -0.114. The molecule has 0 aliphatic carbocycles. The maximum Gasteiger partial charge on any atom is 0.264 e. The summed E-state index contributed by atoms with van der Waals surface area (Å²) in [6, 6.07) is 12.9. The van der Waals surface area contributed by atoms with Crippen LogP contribution in [0.2, 0.25) is 0 Å². The number of anilines is 2. The van der Waals surface area contributed by atoms with E-state index in [2.05, 4.69) is 5.32 Å². The first-order valence-corrected chi connectivity index (χ1v) is 9.27. The summed E-state index contributed by atoms with van der Waals surface area (Å²) in [6.07, 6.45) is 0.0504. The van der Waals surface area contributed by atoms with Crippen LogP contribution in [0.15, 0.2) is 53.4 Å². The third-order valence-corrected chi connectivity index (χ3v) is 5.20. The van der Waals surface area contributed by atoms with Crippen molar-refractivity contribution in [2.24, 2.45) is 0 Å². The average molecular weight is 362 g/mol. The Bertz CT molecular complexity index is 828. The van der Waals surface area contributed by atoms with Crippen molar-refractivity contribution in [3.8, 4) is 5.75 Å². The lowest BCUT2D eigenvalue weighted by Crippen LogP contribution is -2.26. The standard InChI is InChI=1S/C18H22N2O4S/c1-13(2)24-17-9-7-16(8-10-17)20(4)25(22,23)18-11-5-15(6-12-18)19-14(3)21/h5-13H,1-4H3,(H,19,21). The first-order chi connectivity index (χ1) is 11.7. The van der Waals surface area contributed by atoms with Gasteiger partial charge in [0.2, 0.25) is 5.91 Å². The summed E-state index contributed by atoms with van der Waals surface area (Å²) in [7, 11) is -2.20. The van der Waals surface area contributed by atoms with Crippen molar-refractivity contribution < 1.29 is 17.9 Å². The molecule has 6 nitrogen and oxygen atoms in total. The first-order valence-electron chi connectivity index (χ1n) is 7.83. The number of carbonyl (C=O) groups is 1. The van der Waals surface area contributed by atoms with Crippen LogP contribution in [-0.4, -0.2) is 27.5 Å². The van der Waals surface area contributed by atoms with Gasteiger partial charge in [0.1, 0.15) is 5.75 Å². The molecule has 2 aromatic rings. The number of hydrogen-bond donors (Lipinski definition) is 1. The number of nitrogens with zero attached hydrogens (tertiary/aromatic N) is 1. The maximum atomic E-state index is 12.7. The van der Waals surface area contributed by atoms with E-state index in [-0.39, 0.29) is 16.9 Å². The number of benzene rings is 2. The highest BCUT2D eigenvalue weighted by Crippen LogP contribution is 2.25. The molecule has 0 aromatic heterocycles. The van der Waals surface area contributed by atoms with Gasteiger partial charge < -0.3 is 10.1 Å². The van der Waals surface area contributed by atoms with Gasteiger partial charge in [-0.15, -0.1) is 0 Å². The van der Waals surface area contributed by atoms with Crippen LogP contribution in [0.5, 0.6) is 5.75 Å². The van der Waals surface area contributed by atoms with Crippen molar-refractivity contribution in [1.29, 1.82) is 0 Å². The van der Waals surface area contributed by atoms with E-state index in [1.807, 2.05) is 13.8 Å². The number of rotatable bonds is 6. The molecule has 0 spiro atoms. The highest BCUT2D eigenvalue weighted by Gasteiger charge is 2.21. The van der Waals surface area contributed by atoms with Gasteiger partial charge in [-0.25, -0.2) is 8.42 Å². The fraction of sp³-hybridized carbons (Fsp3) is 0.278. The number of amides is 1. The monoisotopic (exact) mass is 362 g/mol. The topological polar surface area (TPSA) is 75.7 Å². The molecule has 2 rings (SSSR count). The molecule has 0 aliphatic rings. The Morgan fingerprint density at radius 2 is 1.60 bits per heavy atom. The summed E-state index contributed by atoms with van der Waals surface area (Å²) < 4.78 is 32.2. The van der Waals surface area contributed by atoms with Gasteiger partial charge >= 0.3 is 0 Å². The van der Waals surface area contributed by atoms with Crippen LogP contribution in [0.3, 0.4) is 0 Å². The van der Waals surface area contributed by atoms with Crippen molar-refractivity contribution in [2.45, 2.75) is 31.8 Å². The second-order valence-electron chi connectivity index (χ2n) is 5.84. The smallest absolute Gasteiger partial charge is 0.264 e. The van der Waals surface area contributed by atoms with Crippen LogP contribution in [0.4, 0.5) is 11.4 Å². The van der Waals surface area contributed by atoms with E-state index in [0.717, 1.165) is 0 Å². The van der Waals surface area contributed by atoms with Gasteiger partial charge in [0.15, 0.2) is 0 Å². The number of ether oxygens (including phenoxy) is 1. The normalized spacial score (nSPS) is 11.2. The third-order valence-electron chi connectivity index (χ3n) is 3.41. The van der Waals surface area contributed by atoms with E-state index in [4.69, 9.17) is 4.74 Å². The molecule has 0 aliphatic heterocycles. The van der Waals surface area contributed by atoms with E-state index < -0.39 is 10.0 Å². The van der Waals surface area contributed by atoms with Gasteiger partial charge in [-0.2, -0.15) is 0 Å². The summed E-state index contributed by atoms with van der Waals surface area (Å²) in [6.45, 7) is 5.25. The molecule has 0 saturated carbocycles. The van der Waals surface area contributed by atoms with E-state index in [0.29, 0.717) is 17.1 Å². The molecule has 1 N–H and O–H groups in total. The predicted octanol–water partition coefficient (Wildman–Crippen LogP) is 3.26. The van der Waals surface area contributed by atoms with Crippen LogP contribution in [0.1, 0.15) is 20.8 Å². The number of nitrogens with one attached hydrogen (secondary N) is 1. The molecule has 0 bridgehead atoms. The lowest BCUT2D eigenvalue weighted by atomic mass is 10.3. The quantitative estimate of drug-likeness (QED) is 0.856. The lowest BCUT2D eigenvalue weighted by Gasteiger charge is -2.20. The van der Waals surface area contributed by atoms with E-state index >= 15 is 0 Å². The molecular weight excluding hydrogens is 340 g/mol. The summed E-state index contributed by atoms with van der Waals surface area (Å²) >= 11 is 0. The minimum atomic E-state index is -3.69. The summed E-state index contributed by atoms with van der Waals surface area (Å²) in [5, 5.41) is 2.60. The fourth-order valence-corrected chi connectivity index (χ4v) is 3.41. The predicted molar refractivity (Wildman–Crippen MR) is 98.5 cm³/mol.